The molecule has 4 nitrogen and oxygen atoms in total. The maximum absolute atomic E-state index is 12.5. The Labute approximate surface area is 144 Å². The lowest BCUT2D eigenvalue weighted by Gasteiger charge is -2.29. The largest absolute Gasteiger partial charge is 0.370 e. The van der Waals surface area contributed by atoms with Crippen LogP contribution in [0.4, 0.5) is 0 Å². The van der Waals surface area contributed by atoms with E-state index in [-0.39, 0.29) is 11.5 Å². The predicted molar refractivity (Wildman–Crippen MR) is 94.1 cm³/mol. The van der Waals surface area contributed by atoms with Crippen molar-refractivity contribution in [2.24, 2.45) is 11.8 Å². The van der Waals surface area contributed by atoms with Crippen molar-refractivity contribution < 1.29 is 9.53 Å². The van der Waals surface area contributed by atoms with E-state index < -0.39 is 0 Å². The minimum Gasteiger partial charge on any atom is -0.370 e. The van der Waals surface area contributed by atoms with Crippen LogP contribution in [0.5, 0.6) is 0 Å². The quantitative estimate of drug-likeness (QED) is 0.903. The Morgan fingerprint density at radius 2 is 2.17 bits per heavy atom. The van der Waals surface area contributed by atoms with Gasteiger partial charge in [0.05, 0.1) is 11.7 Å². The van der Waals surface area contributed by atoms with Crippen molar-refractivity contribution in [2.75, 3.05) is 26.7 Å². The SMILES string of the molecule is CCCc1ccc(C(=O)NC[C@H]2[C@H]3CN(C)C[C@]34CC[C@H]2O4)cc1. The van der Waals surface area contributed by atoms with Crippen LogP contribution in [0.1, 0.15) is 42.1 Å². The molecule has 2 bridgehead atoms. The Hall–Kier alpha value is -1.39. The third-order valence-corrected chi connectivity index (χ3v) is 6.21. The molecule has 0 unspecified atom stereocenters. The number of hydrogen-bond acceptors (Lipinski definition) is 3. The molecule has 3 saturated heterocycles. The highest BCUT2D eigenvalue weighted by atomic mass is 16.5. The first-order valence-corrected chi connectivity index (χ1v) is 9.35. The standard InChI is InChI=1S/C20H28N2O2/c1-3-4-14-5-7-15(8-6-14)19(23)21-11-16-17-12-22(2)13-20(17)10-9-18(16)24-20/h5-8,16-18H,3-4,9-13H2,1-2H3,(H,21,23)/t16-,17+,18+,20+/m0/s1. The fourth-order valence-corrected chi connectivity index (χ4v) is 5.12. The van der Waals surface area contributed by atoms with Gasteiger partial charge in [0.1, 0.15) is 0 Å². The highest BCUT2D eigenvalue weighted by molar-refractivity contribution is 5.94. The van der Waals surface area contributed by atoms with Gasteiger partial charge < -0.3 is 15.0 Å². The molecule has 4 atom stereocenters. The molecule has 0 aromatic heterocycles. The van der Waals surface area contributed by atoms with E-state index in [2.05, 4.69) is 36.3 Å². The van der Waals surface area contributed by atoms with Gasteiger partial charge in [0.2, 0.25) is 0 Å². The maximum Gasteiger partial charge on any atom is 0.251 e. The predicted octanol–water partition coefficient (Wildman–Crippen LogP) is 2.48. The number of ether oxygens (including phenoxy) is 1. The van der Waals surface area contributed by atoms with Gasteiger partial charge in [0.25, 0.3) is 5.91 Å². The number of rotatable bonds is 5. The molecule has 0 radical (unpaired) electrons. The Morgan fingerprint density at radius 1 is 1.38 bits per heavy atom. The second-order valence-corrected chi connectivity index (χ2v) is 7.88. The molecular weight excluding hydrogens is 300 g/mol. The third kappa shape index (κ3) is 2.66. The van der Waals surface area contributed by atoms with Crippen LogP contribution in [0.2, 0.25) is 0 Å². The highest BCUT2D eigenvalue weighted by Crippen LogP contribution is 2.54. The number of amides is 1. The number of hydrogen-bond donors (Lipinski definition) is 1. The molecule has 3 heterocycles. The van der Waals surface area contributed by atoms with Gasteiger partial charge in [-0.15, -0.1) is 0 Å². The van der Waals surface area contributed by atoms with Crippen molar-refractivity contribution in [1.29, 1.82) is 0 Å². The van der Waals surface area contributed by atoms with Crippen LogP contribution in [0, 0.1) is 11.8 Å². The van der Waals surface area contributed by atoms with Crippen LogP contribution in [0.25, 0.3) is 0 Å². The summed E-state index contributed by atoms with van der Waals surface area (Å²) in [7, 11) is 2.18. The lowest BCUT2D eigenvalue weighted by atomic mass is 9.73. The van der Waals surface area contributed by atoms with Gasteiger partial charge in [-0.3, -0.25) is 4.79 Å². The number of benzene rings is 1. The summed E-state index contributed by atoms with van der Waals surface area (Å²) >= 11 is 0. The van der Waals surface area contributed by atoms with Crippen molar-refractivity contribution in [3.63, 3.8) is 0 Å². The second kappa shape index (κ2) is 6.16. The summed E-state index contributed by atoms with van der Waals surface area (Å²) in [5, 5.41) is 3.16. The molecule has 4 heteroatoms. The van der Waals surface area contributed by atoms with Gasteiger partial charge in [-0.05, 0) is 44.0 Å². The molecule has 0 saturated carbocycles. The average molecular weight is 328 g/mol. The molecular formula is C20H28N2O2. The molecule has 3 fully saturated rings. The van der Waals surface area contributed by atoms with Gasteiger partial charge in [-0.2, -0.15) is 0 Å². The summed E-state index contributed by atoms with van der Waals surface area (Å²) in [6, 6.07) is 8.03. The lowest BCUT2D eigenvalue weighted by Crippen LogP contribution is -2.41. The average Bonchev–Trinajstić information content (AvgIpc) is 3.20. The summed E-state index contributed by atoms with van der Waals surface area (Å²) < 4.78 is 6.35. The minimum absolute atomic E-state index is 0.0428. The smallest absolute Gasteiger partial charge is 0.251 e. The summed E-state index contributed by atoms with van der Waals surface area (Å²) in [6.07, 6.45) is 4.88. The maximum atomic E-state index is 12.5. The number of likely N-dealkylation sites (N-methyl/N-ethyl adjacent to an activating group) is 1. The summed E-state index contributed by atoms with van der Waals surface area (Å²) in [6.45, 7) is 5.06. The van der Waals surface area contributed by atoms with Gasteiger partial charge in [-0.25, -0.2) is 0 Å². The number of nitrogens with one attached hydrogen (secondary N) is 1. The molecule has 3 aliphatic heterocycles. The Morgan fingerprint density at radius 3 is 2.92 bits per heavy atom. The fraction of sp³-hybridized carbons (Fsp3) is 0.650. The van der Waals surface area contributed by atoms with Crippen LogP contribution >= 0.6 is 0 Å². The zero-order valence-corrected chi connectivity index (χ0v) is 14.8. The van der Waals surface area contributed by atoms with Gasteiger partial charge in [0, 0.05) is 37.0 Å². The molecule has 4 rings (SSSR count). The highest BCUT2D eigenvalue weighted by Gasteiger charge is 2.62. The van der Waals surface area contributed by atoms with E-state index in [1.54, 1.807) is 0 Å². The molecule has 3 aliphatic rings. The normalized spacial score (nSPS) is 34.5. The Kier molecular flexibility index (Phi) is 4.13. The van der Waals surface area contributed by atoms with Crippen molar-refractivity contribution >= 4 is 5.91 Å². The molecule has 1 aromatic rings. The summed E-state index contributed by atoms with van der Waals surface area (Å²) in [4.78, 5) is 14.9. The number of likely N-dealkylation sites (tertiary alicyclic amines) is 1. The number of aryl methyl sites for hydroxylation is 1. The first kappa shape index (κ1) is 16.1. The zero-order valence-electron chi connectivity index (χ0n) is 14.8. The zero-order chi connectivity index (χ0) is 16.7. The van der Waals surface area contributed by atoms with Crippen LogP contribution in [0.3, 0.4) is 0 Å². The molecule has 24 heavy (non-hydrogen) atoms. The first-order valence-electron chi connectivity index (χ1n) is 9.35. The van der Waals surface area contributed by atoms with E-state index in [4.69, 9.17) is 4.74 Å². The van der Waals surface area contributed by atoms with E-state index in [1.807, 2.05) is 12.1 Å². The molecule has 1 spiro atoms. The lowest BCUT2D eigenvalue weighted by molar-refractivity contribution is 0.00472. The van der Waals surface area contributed by atoms with E-state index in [0.29, 0.717) is 17.9 Å². The van der Waals surface area contributed by atoms with E-state index in [1.165, 1.54) is 12.0 Å². The fourth-order valence-electron chi connectivity index (χ4n) is 5.12. The third-order valence-electron chi connectivity index (χ3n) is 6.21. The van der Waals surface area contributed by atoms with E-state index in [9.17, 15) is 4.79 Å². The van der Waals surface area contributed by atoms with Crippen molar-refractivity contribution in [3.8, 4) is 0 Å². The van der Waals surface area contributed by atoms with Crippen molar-refractivity contribution in [1.82, 2.24) is 10.2 Å². The molecule has 1 N–H and O–H groups in total. The molecule has 130 valence electrons. The van der Waals surface area contributed by atoms with Crippen LogP contribution in [-0.4, -0.2) is 49.2 Å². The molecule has 1 aromatic carbocycles. The second-order valence-electron chi connectivity index (χ2n) is 7.88. The van der Waals surface area contributed by atoms with Crippen LogP contribution in [0.15, 0.2) is 24.3 Å². The van der Waals surface area contributed by atoms with E-state index in [0.717, 1.165) is 44.5 Å². The number of nitrogens with zero attached hydrogens (tertiary/aromatic N) is 1. The number of carbonyl (C=O) groups excluding carboxylic acids is 1. The van der Waals surface area contributed by atoms with Gasteiger partial charge in [0.15, 0.2) is 0 Å². The van der Waals surface area contributed by atoms with Crippen molar-refractivity contribution in [2.45, 2.75) is 44.3 Å². The van der Waals surface area contributed by atoms with Crippen LogP contribution < -0.4 is 5.32 Å². The minimum atomic E-state index is 0.0428. The summed E-state index contributed by atoms with van der Waals surface area (Å²) in [5.41, 5.74) is 2.14. The summed E-state index contributed by atoms with van der Waals surface area (Å²) in [5.74, 6) is 1.08. The number of fused-ring (bicyclic) bond motifs is 1. The van der Waals surface area contributed by atoms with E-state index >= 15 is 0 Å². The Bertz CT molecular complexity index is 615. The van der Waals surface area contributed by atoms with Gasteiger partial charge >= 0.3 is 0 Å². The molecule has 0 aliphatic carbocycles. The number of carbonyl (C=O) groups is 1. The van der Waals surface area contributed by atoms with Gasteiger partial charge in [-0.1, -0.05) is 25.5 Å². The Balaban J connectivity index is 1.37. The molecule has 1 amide bonds. The van der Waals surface area contributed by atoms with Crippen LogP contribution in [-0.2, 0) is 11.2 Å². The van der Waals surface area contributed by atoms with Crippen molar-refractivity contribution in [3.05, 3.63) is 35.4 Å². The first-order chi connectivity index (χ1) is 11.6. The monoisotopic (exact) mass is 328 g/mol. The topological polar surface area (TPSA) is 41.6 Å².